The number of hydrogen-bond donors (Lipinski definition) is 1. The molecule has 1 heterocycles. The molecule has 0 saturated heterocycles. The molecule has 6 nitrogen and oxygen atoms in total. The molecule has 0 aliphatic carbocycles. The molecule has 0 aliphatic rings. The Morgan fingerprint density at radius 2 is 2.17 bits per heavy atom. The normalized spacial score (nSPS) is 11.7. The second-order valence-corrected chi connectivity index (χ2v) is 6.11. The summed E-state index contributed by atoms with van der Waals surface area (Å²) >= 11 is 1.59. The van der Waals surface area contributed by atoms with Crippen molar-refractivity contribution in [2.75, 3.05) is 20.3 Å². The quantitative estimate of drug-likeness (QED) is 0.614. The van der Waals surface area contributed by atoms with E-state index in [2.05, 4.69) is 5.32 Å². The number of nitrogens with zero attached hydrogens (tertiary/aromatic N) is 2. The monoisotopic (exact) mass is 345 g/mol. The van der Waals surface area contributed by atoms with Gasteiger partial charge in [0.15, 0.2) is 6.19 Å². The minimum atomic E-state index is -0.801. The van der Waals surface area contributed by atoms with E-state index in [4.69, 9.17) is 10.00 Å². The number of thiophene rings is 1. The van der Waals surface area contributed by atoms with Crippen LogP contribution in [0.2, 0.25) is 0 Å². The third-order valence-corrected chi connectivity index (χ3v) is 4.61. The summed E-state index contributed by atoms with van der Waals surface area (Å²) in [5.74, 6) is -0.802. The number of amides is 2. The molecule has 126 valence electrons. The predicted molar refractivity (Wildman–Crippen MR) is 92.3 cm³/mol. The van der Waals surface area contributed by atoms with Crippen molar-refractivity contribution in [1.29, 1.82) is 5.26 Å². The smallest absolute Gasteiger partial charge is 0.258 e. The third-order valence-electron chi connectivity index (χ3n) is 3.60. The Hall–Kier alpha value is -2.43. The van der Waals surface area contributed by atoms with Gasteiger partial charge in [-0.25, -0.2) is 4.90 Å². The van der Waals surface area contributed by atoms with Crippen LogP contribution in [0.15, 0.2) is 29.6 Å². The number of hydrogen-bond acceptors (Lipinski definition) is 5. The van der Waals surface area contributed by atoms with Crippen LogP contribution in [0.4, 0.5) is 0 Å². The van der Waals surface area contributed by atoms with Gasteiger partial charge in [0.05, 0.1) is 0 Å². The van der Waals surface area contributed by atoms with Crippen molar-refractivity contribution in [2.24, 2.45) is 0 Å². The molecule has 0 radical (unpaired) electrons. The van der Waals surface area contributed by atoms with E-state index in [0.29, 0.717) is 6.42 Å². The van der Waals surface area contributed by atoms with Crippen LogP contribution in [-0.2, 0) is 20.7 Å². The lowest BCUT2D eigenvalue weighted by Gasteiger charge is -2.21. The highest BCUT2D eigenvalue weighted by atomic mass is 32.1. The van der Waals surface area contributed by atoms with Gasteiger partial charge in [0.2, 0.25) is 5.91 Å². The van der Waals surface area contributed by atoms with Gasteiger partial charge in [-0.2, -0.15) is 5.26 Å². The van der Waals surface area contributed by atoms with Crippen molar-refractivity contribution in [3.8, 4) is 6.19 Å². The maximum absolute atomic E-state index is 12.6. The lowest BCUT2D eigenvalue weighted by molar-refractivity contribution is -0.135. The number of carbonyl (C=O) groups is 2. The van der Waals surface area contributed by atoms with Crippen LogP contribution in [0.1, 0.15) is 12.5 Å². The average molecular weight is 345 g/mol. The van der Waals surface area contributed by atoms with Crippen LogP contribution in [0, 0.1) is 11.5 Å². The summed E-state index contributed by atoms with van der Waals surface area (Å²) in [6.45, 7) is 1.85. The molecular weight excluding hydrogens is 326 g/mol. The molecular formula is C17H19N3O3S. The molecule has 1 aromatic heterocycles. The van der Waals surface area contributed by atoms with Crippen molar-refractivity contribution in [3.05, 3.63) is 35.2 Å². The van der Waals surface area contributed by atoms with Crippen LogP contribution < -0.4 is 5.32 Å². The summed E-state index contributed by atoms with van der Waals surface area (Å²) in [5, 5.41) is 14.8. The summed E-state index contributed by atoms with van der Waals surface area (Å²) in [6.07, 6.45) is 2.19. The van der Waals surface area contributed by atoms with E-state index in [9.17, 15) is 9.59 Å². The standard InChI is InChI=1S/C17H19N3O3S/c1-3-20(11-18)17(22)14(19-16(21)9-23-2)8-12-10-24-15-7-5-4-6-13(12)15/h4-7,10,14H,3,8-9H2,1-2H3,(H,19,21). The Kier molecular flexibility index (Phi) is 6.29. The van der Waals surface area contributed by atoms with Crippen LogP contribution in [-0.4, -0.2) is 43.0 Å². The predicted octanol–water partition coefficient (Wildman–Crippen LogP) is 1.90. The fourth-order valence-corrected chi connectivity index (χ4v) is 3.42. The average Bonchev–Trinajstić information content (AvgIpc) is 2.98. The minimum absolute atomic E-state index is 0.132. The first-order valence-corrected chi connectivity index (χ1v) is 8.43. The van der Waals surface area contributed by atoms with Gasteiger partial charge in [-0.3, -0.25) is 9.59 Å². The van der Waals surface area contributed by atoms with Crippen LogP contribution in [0.5, 0.6) is 0 Å². The Bertz CT molecular complexity index is 766. The van der Waals surface area contributed by atoms with Gasteiger partial charge < -0.3 is 10.1 Å². The van der Waals surface area contributed by atoms with Crippen molar-refractivity contribution in [2.45, 2.75) is 19.4 Å². The molecule has 7 heteroatoms. The van der Waals surface area contributed by atoms with E-state index in [1.807, 2.05) is 35.8 Å². The Morgan fingerprint density at radius 1 is 1.42 bits per heavy atom. The van der Waals surface area contributed by atoms with Crippen molar-refractivity contribution in [3.63, 3.8) is 0 Å². The summed E-state index contributed by atoms with van der Waals surface area (Å²) < 4.78 is 5.92. The number of rotatable bonds is 7. The number of nitriles is 1. The number of carbonyl (C=O) groups excluding carboxylic acids is 2. The molecule has 0 bridgehead atoms. The lowest BCUT2D eigenvalue weighted by atomic mass is 10.0. The summed E-state index contributed by atoms with van der Waals surface area (Å²) in [7, 11) is 1.41. The highest BCUT2D eigenvalue weighted by Crippen LogP contribution is 2.26. The maximum Gasteiger partial charge on any atom is 0.258 e. The largest absolute Gasteiger partial charge is 0.375 e. The number of fused-ring (bicyclic) bond motifs is 1. The van der Waals surface area contributed by atoms with Gasteiger partial charge in [-0.05, 0) is 29.3 Å². The first-order chi connectivity index (χ1) is 11.6. The molecule has 2 amide bonds. The van der Waals surface area contributed by atoms with Crippen molar-refractivity contribution >= 4 is 33.2 Å². The first kappa shape index (κ1) is 17.9. The van der Waals surface area contributed by atoms with Crippen LogP contribution in [0.25, 0.3) is 10.1 Å². The highest BCUT2D eigenvalue weighted by molar-refractivity contribution is 7.17. The Labute approximate surface area is 144 Å². The molecule has 0 spiro atoms. The van der Waals surface area contributed by atoms with Crippen LogP contribution >= 0.6 is 11.3 Å². The maximum atomic E-state index is 12.6. The number of nitrogens with one attached hydrogen (secondary N) is 1. The minimum Gasteiger partial charge on any atom is -0.375 e. The number of ether oxygens (including phenoxy) is 1. The zero-order valence-electron chi connectivity index (χ0n) is 13.6. The zero-order valence-corrected chi connectivity index (χ0v) is 14.4. The fraction of sp³-hybridized carbons (Fsp3) is 0.353. The van der Waals surface area contributed by atoms with Crippen LogP contribution in [0.3, 0.4) is 0 Å². The van der Waals surface area contributed by atoms with Gasteiger partial charge in [0.25, 0.3) is 5.91 Å². The first-order valence-electron chi connectivity index (χ1n) is 7.55. The topological polar surface area (TPSA) is 82.4 Å². The van der Waals surface area contributed by atoms with Gasteiger partial charge in [0.1, 0.15) is 12.6 Å². The van der Waals surface area contributed by atoms with E-state index in [1.165, 1.54) is 7.11 Å². The number of likely N-dealkylation sites (N-methyl/N-ethyl adjacent to an activating group) is 1. The second-order valence-electron chi connectivity index (χ2n) is 5.20. The van der Waals surface area contributed by atoms with E-state index in [1.54, 1.807) is 18.3 Å². The molecule has 0 saturated carbocycles. The summed E-state index contributed by atoms with van der Waals surface area (Å²) in [6, 6.07) is 7.09. The highest BCUT2D eigenvalue weighted by Gasteiger charge is 2.26. The molecule has 2 aromatic rings. The molecule has 1 aromatic carbocycles. The molecule has 0 fully saturated rings. The van der Waals surface area contributed by atoms with E-state index in [0.717, 1.165) is 20.5 Å². The van der Waals surface area contributed by atoms with Gasteiger partial charge in [-0.1, -0.05) is 18.2 Å². The molecule has 1 N–H and O–H groups in total. The van der Waals surface area contributed by atoms with Crippen molar-refractivity contribution in [1.82, 2.24) is 10.2 Å². The fourth-order valence-electron chi connectivity index (χ4n) is 2.44. The number of benzene rings is 1. The SMILES string of the molecule is CCN(C#N)C(=O)C(Cc1csc2ccccc12)NC(=O)COC. The Balaban J connectivity index is 2.26. The van der Waals surface area contributed by atoms with Gasteiger partial charge in [-0.15, -0.1) is 11.3 Å². The molecule has 2 rings (SSSR count). The second kappa shape index (κ2) is 8.43. The molecule has 24 heavy (non-hydrogen) atoms. The molecule has 0 aliphatic heterocycles. The van der Waals surface area contributed by atoms with E-state index < -0.39 is 11.9 Å². The van der Waals surface area contributed by atoms with E-state index >= 15 is 0 Å². The van der Waals surface area contributed by atoms with Crippen molar-refractivity contribution < 1.29 is 14.3 Å². The van der Waals surface area contributed by atoms with Gasteiger partial charge in [0, 0.05) is 24.8 Å². The summed E-state index contributed by atoms with van der Waals surface area (Å²) in [5.41, 5.74) is 0.973. The molecule has 1 unspecified atom stereocenters. The Morgan fingerprint density at radius 3 is 2.83 bits per heavy atom. The summed E-state index contributed by atoms with van der Waals surface area (Å²) in [4.78, 5) is 25.5. The number of methoxy groups -OCH3 is 1. The zero-order chi connectivity index (χ0) is 17.5. The van der Waals surface area contributed by atoms with Gasteiger partial charge >= 0.3 is 0 Å². The third kappa shape index (κ3) is 4.10. The molecule has 1 atom stereocenters. The van der Waals surface area contributed by atoms with E-state index in [-0.39, 0.29) is 19.1 Å². The lowest BCUT2D eigenvalue weighted by Crippen LogP contribution is -2.49.